The first kappa shape index (κ1) is 17.0. The van der Waals surface area contributed by atoms with Crippen molar-refractivity contribution in [3.8, 4) is 0 Å². The van der Waals surface area contributed by atoms with Gasteiger partial charge in [-0.2, -0.15) is 13.2 Å². The average molecular weight is 303 g/mol. The highest BCUT2D eigenvalue weighted by atomic mass is 19.4. The van der Waals surface area contributed by atoms with Crippen LogP contribution in [-0.4, -0.2) is 37.5 Å². The first-order chi connectivity index (χ1) is 9.75. The zero-order valence-electron chi connectivity index (χ0n) is 11.7. The van der Waals surface area contributed by atoms with Gasteiger partial charge in [0.2, 0.25) is 0 Å². The van der Waals surface area contributed by atoms with Crippen LogP contribution in [0.5, 0.6) is 0 Å². The van der Waals surface area contributed by atoms with Gasteiger partial charge in [0, 0.05) is 25.6 Å². The van der Waals surface area contributed by atoms with Crippen molar-refractivity contribution in [1.82, 2.24) is 4.90 Å². The third-order valence-corrected chi connectivity index (χ3v) is 2.91. The molecule has 1 amide bonds. The van der Waals surface area contributed by atoms with E-state index in [1.54, 1.807) is 0 Å². The molecule has 116 valence electrons. The van der Waals surface area contributed by atoms with Crippen molar-refractivity contribution in [2.24, 2.45) is 0 Å². The normalized spacial score (nSPS) is 11.1. The summed E-state index contributed by atoms with van der Waals surface area (Å²) in [5.41, 5.74) is -0.629. The number of hydrogen-bond donors (Lipinski definition) is 0. The summed E-state index contributed by atoms with van der Waals surface area (Å²) in [4.78, 5) is 24.3. The number of halogens is 3. The Morgan fingerprint density at radius 1 is 1.19 bits per heavy atom. The van der Waals surface area contributed by atoms with E-state index in [2.05, 4.69) is 4.74 Å². The minimum atomic E-state index is -4.42. The number of esters is 1. The molecule has 1 rings (SSSR count). The van der Waals surface area contributed by atoms with E-state index in [1.807, 2.05) is 0 Å². The first-order valence-electron chi connectivity index (χ1n) is 6.25. The van der Waals surface area contributed by atoms with E-state index in [4.69, 9.17) is 0 Å². The Kier molecular flexibility index (Phi) is 5.75. The van der Waals surface area contributed by atoms with Crippen LogP contribution in [-0.2, 0) is 15.7 Å². The maximum atomic E-state index is 12.4. The summed E-state index contributed by atoms with van der Waals surface area (Å²) in [6, 6.07) is 4.02. The molecule has 0 aromatic heterocycles. The predicted molar refractivity (Wildman–Crippen MR) is 69.7 cm³/mol. The number of amides is 1. The van der Waals surface area contributed by atoms with Gasteiger partial charge < -0.3 is 9.64 Å². The summed E-state index contributed by atoms with van der Waals surface area (Å²) >= 11 is 0. The van der Waals surface area contributed by atoms with Crippen molar-refractivity contribution in [1.29, 1.82) is 0 Å². The number of hydrogen-bond acceptors (Lipinski definition) is 3. The molecular weight excluding hydrogens is 287 g/mol. The van der Waals surface area contributed by atoms with Gasteiger partial charge in [0.1, 0.15) is 0 Å². The number of carbonyl (C=O) groups is 2. The summed E-state index contributed by atoms with van der Waals surface area (Å²) in [6.07, 6.45) is -3.81. The second-order valence-corrected chi connectivity index (χ2v) is 4.48. The molecule has 0 N–H and O–H groups in total. The Morgan fingerprint density at radius 2 is 1.76 bits per heavy atom. The van der Waals surface area contributed by atoms with Gasteiger partial charge in [0.25, 0.3) is 5.91 Å². The largest absolute Gasteiger partial charge is 0.469 e. The molecule has 0 unspecified atom stereocenters. The topological polar surface area (TPSA) is 46.6 Å². The van der Waals surface area contributed by atoms with E-state index in [1.165, 1.54) is 19.1 Å². The molecule has 0 atom stereocenters. The van der Waals surface area contributed by atoms with Crippen molar-refractivity contribution in [2.45, 2.75) is 19.0 Å². The molecule has 1 aromatic carbocycles. The Morgan fingerprint density at radius 3 is 2.24 bits per heavy atom. The van der Waals surface area contributed by atoms with Crippen molar-refractivity contribution < 1.29 is 27.5 Å². The minimum Gasteiger partial charge on any atom is -0.469 e. The molecule has 0 spiro atoms. The molecule has 0 saturated carbocycles. The zero-order valence-corrected chi connectivity index (χ0v) is 11.7. The Bertz CT molecular complexity index is 497. The second-order valence-electron chi connectivity index (χ2n) is 4.48. The lowest BCUT2D eigenvalue weighted by atomic mass is 10.1. The Labute approximate surface area is 120 Å². The van der Waals surface area contributed by atoms with Gasteiger partial charge in [0.15, 0.2) is 0 Å². The first-order valence-corrected chi connectivity index (χ1v) is 6.25. The molecule has 21 heavy (non-hydrogen) atoms. The highest BCUT2D eigenvalue weighted by Crippen LogP contribution is 2.29. The van der Waals surface area contributed by atoms with Gasteiger partial charge in [-0.25, -0.2) is 0 Å². The van der Waals surface area contributed by atoms with Crippen LogP contribution in [0.15, 0.2) is 24.3 Å². The highest BCUT2D eigenvalue weighted by molar-refractivity contribution is 5.94. The van der Waals surface area contributed by atoms with Gasteiger partial charge in [-0.3, -0.25) is 9.59 Å². The Balaban J connectivity index is 2.60. The van der Waals surface area contributed by atoms with Crippen molar-refractivity contribution in [3.05, 3.63) is 35.4 Å². The van der Waals surface area contributed by atoms with Crippen molar-refractivity contribution in [3.63, 3.8) is 0 Å². The van der Waals surface area contributed by atoms with Crippen LogP contribution in [0, 0.1) is 0 Å². The SMILES string of the molecule is COC(=O)CCCN(C)C(=O)c1ccc(C(F)(F)F)cc1. The number of rotatable bonds is 5. The molecule has 0 aliphatic rings. The van der Waals surface area contributed by atoms with Crippen LogP contribution in [0.4, 0.5) is 13.2 Å². The Hall–Kier alpha value is -2.05. The van der Waals surface area contributed by atoms with Gasteiger partial charge in [-0.15, -0.1) is 0 Å². The fourth-order valence-electron chi connectivity index (χ4n) is 1.69. The van der Waals surface area contributed by atoms with Gasteiger partial charge >= 0.3 is 12.1 Å². The predicted octanol–water partition coefficient (Wildman–Crippen LogP) is 2.73. The van der Waals surface area contributed by atoms with E-state index < -0.39 is 17.6 Å². The monoisotopic (exact) mass is 303 g/mol. The lowest BCUT2D eigenvalue weighted by Crippen LogP contribution is -2.28. The number of alkyl halides is 3. The van der Waals surface area contributed by atoms with Gasteiger partial charge in [-0.1, -0.05) is 0 Å². The number of methoxy groups -OCH3 is 1. The minimum absolute atomic E-state index is 0.170. The van der Waals surface area contributed by atoms with E-state index in [0.717, 1.165) is 24.3 Å². The van der Waals surface area contributed by atoms with Crippen LogP contribution >= 0.6 is 0 Å². The third-order valence-electron chi connectivity index (χ3n) is 2.91. The molecule has 0 aliphatic carbocycles. The van der Waals surface area contributed by atoms with Crippen LogP contribution in [0.25, 0.3) is 0 Å². The summed E-state index contributed by atoms with van der Waals surface area (Å²) in [5.74, 6) is -0.765. The summed E-state index contributed by atoms with van der Waals surface area (Å²) in [5, 5.41) is 0. The number of benzene rings is 1. The van der Waals surface area contributed by atoms with E-state index in [0.29, 0.717) is 13.0 Å². The zero-order chi connectivity index (χ0) is 16.0. The van der Waals surface area contributed by atoms with Crippen molar-refractivity contribution in [2.75, 3.05) is 20.7 Å². The average Bonchev–Trinajstić information content (AvgIpc) is 2.45. The van der Waals surface area contributed by atoms with E-state index in [9.17, 15) is 22.8 Å². The standard InChI is InChI=1S/C14H16F3NO3/c1-18(9-3-4-12(19)21-2)13(20)10-5-7-11(8-6-10)14(15,16)17/h5-8H,3-4,9H2,1-2H3. The lowest BCUT2D eigenvalue weighted by Gasteiger charge is -2.17. The molecule has 0 aliphatic heterocycles. The van der Waals surface area contributed by atoms with Gasteiger partial charge in [0.05, 0.1) is 12.7 Å². The molecule has 7 heteroatoms. The van der Waals surface area contributed by atoms with Crippen LogP contribution < -0.4 is 0 Å². The molecule has 0 saturated heterocycles. The van der Waals surface area contributed by atoms with Crippen LogP contribution in [0.3, 0.4) is 0 Å². The lowest BCUT2D eigenvalue weighted by molar-refractivity contribution is -0.140. The molecule has 0 heterocycles. The van der Waals surface area contributed by atoms with Crippen molar-refractivity contribution >= 4 is 11.9 Å². The molecular formula is C14H16F3NO3. The summed E-state index contributed by atoms with van der Waals surface area (Å²) in [7, 11) is 2.80. The van der Waals surface area contributed by atoms with Crippen LogP contribution in [0.2, 0.25) is 0 Å². The molecule has 0 bridgehead atoms. The van der Waals surface area contributed by atoms with Crippen LogP contribution in [0.1, 0.15) is 28.8 Å². The highest BCUT2D eigenvalue weighted by Gasteiger charge is 2.30. The molecule has 1 aromatic rings. The maximum Gasteiger partial charge on any atom is 0.416 e. The fraction of sp³-hybridized carbons (Fsp3) is 0.429. The van der Waals surface area contributed by atoms with E-state index in [-0.39, 0.29) is 18.0 Å². The fourth-order valence-corrected chi connectivity index (χ4v) is 1.69. The molecule has 0 radical (unpaired) electrons. The number of nitrogens with zero attached hydrogens (tertiary/aromatic N) is 1. The quantitative estimate of drug-likeness (QED) is 0.786. The maximum absolute atomic E-state index is 12.4. The third kappa shape index (κ3) is 5.09. The number of ether oxygens (including phenoxy) is 1. The number of carbonyl (C=O) groups excluding carboxylic acids is 2. The second kappa shape index (κ2) is 7.10. The molecule has 0 fully saturated rings. The van der Waals surface area contributed by atoms with Gasteiger partial charge in [-0.05, 0) is 30.7 Å². The van der Waals surface area contributed by atoms with E-state index >= 15 is 0 Å². The smallest absolute Gasteiger partial charge is 0.416 e. The summed E-state index contributed by atoms with van der Waals surface area (Å²) < 4.78 is 41.7. The summed E-state index contributed by atoms with van der Waals surface area (Å²) in [6.45, 7) is 0.314. The molecule has 4 nitrogen and oxygen atoms in total.